The smallest absolute Gasteiger partial charge is 0.272 e. The summed E-state index contributed by atoms with van der Waals surface area (Å²) < 4.78 is 5.20. The zero-order valence-corrected chi connectivity index (χ0v) is 11.8. The third-order valence-electron chi connectivity index (χ3n) is 3.35. The Hall–Kier alpha value is -2.14. The van der Waals surface area contributed by atoms with Gasteiger partial charge in [-0.05, 0) is 23.6 Å². The van der Waals surface area contributed by atoms with Gasteiger partial charge in [0.1, 0.15) is 10.6 Å². The second kappa shape index (κ2) is 5.09. The number of carbonyl (C=O) groups excluding carboxylic acids is 2. The van der Waals surface area contributed by atoms with Gasteiger partial charge in [-0.15, -0.1) is 11.3 Å². The Labute approximate surface area is 120 Å². The predicted octanol–water partition coefficient (Wildman–Crippen LogP) is 2.99. The number of carbonyl (C=O) groups is 2. The van der Waals surface area contributed by atoms with E-state index < -0.39 is 0 Å². The summed E-state index contributed by atoms with van der Waals surface area (Å²) in [6.45, 7) is 0.412. The molecular weight excluding hydrogens is 274 g/mol. The second-order valence-electron chi connectivity index (χ2n) is 4.47. The fourth-order valence-electron chi connectivity index (χ4n) is 2.36. The fourth-order valence-corrected chi connectivity index (χ4v) is 3.17. The number of nitrogens with zero attached hydrogens (tertiary/aromatic N) is 1. The summed E-state index contributed by atoms with van der Waals surface area (Å²) in [5.41, 5.74) is 1.30. The van der Waals surface area contributed by atoms with Crippen molar-refractivity contribution >= 4 is 28.7 Å². The molecule has 20 heavy (non-hydrogen) atoms. The molecule has 3 rings (SSSR count). The molecule has 0 fully saturated rings. The number of anilines is 1. The van der Waals surface area contributed by atoms with E-state index in [4.69, 9.17) is 4.74 Å². The van der Waals surface area contributed by atoms with Gasteiger partial charge in [-0.2, -0.15) is 0 Å². The molecule has 0 saturated heterocycles. The number of methoxy groups -OCH3 is 1. The zero-order valence-electron chi connectivity index (χ0n) is 11.0. The van der Waals surface area contributed by atoms with E-state index in [9.17, 15) is 9.59 Å². The summed E-state index contributed by atoms with van der Waals surface area (Å²) >= 11 is 1.35. The molecule has 2 heterocycles. The highest BCUT2D eigenvalue weighted by molar-refractivity contribution is 7.12. The van der Waals surface area contributed by atoms with Crippen molar-refractivity contribution in [2.75, 3.05) is 18.6 Å². The number of fused-ring (bicyclic) bond motifs is 1. The number of thiophene rings is 1. The summed E-state index contributed by atoms with van der Waals surface area (Å²) in [5, 5.41) is 1.83. The average molecular weight is 287 g/mol. The number of rotatable bonds is 2. The van der Waals surface area contributed by atoms with E-state index in [0.717, 1.165) is 0 Å². The van der Waals surface area contributed by atoms with Gasteiger partial charge in [0.2, 0.25) is 0 Å². The molecule has 0 spiro atoms. The maximum absolute atomic E-state index is 12.7. The number of ketones is 1. The quantitative estimate of drug-likeness (QED) is 0.853. The van der Waals surface area contributed by atoms with E-state index in [1.54, 1.807) is 24.1 Å². The molecule has 1 aromatic carbocycles. The lowest BCUT2D eigenvalue weighted by atomic mass is 10.0. The number of amides is 1. The van der Waals surface area contributed by atoms with Crippen LogP contribution in [0.2, 0.25) is 0 Å². The molecule has 5 heteroatoms. The van der Waals surface area contributed by atoms with Crippen LogP contribution >= 0.6 is 11.3 Å². The first-order valence-corrected chi connectivity index (χ1v) is 7.16. The molecule has 4 nitrogen and oxygen atoms in total. The van der Waals surface area contributed by atoms with Crippen molar-refractivity contribution in [3.63, 3.8) is 0 Å². The highest BCUT2D eigenvalue weighted by Crippen LogP contribution is 2.32. The molecule has 1 aliphatic heterocycles. The van der Waals surface area contributed by atoms with Crippen molar-refractivity contribution in [1.82, 2.24) is 0 Å². The lowest BCUT2D eigenvalue weighted by Crippen LogP contribution is -2.37. The van der Waals surface area contributed by atoms with Crippen molar-refractivity contribution in [3.05, 3.63) is 46.2 Å². The van der Waals surface area contributed by atoms with E-state index in [2.05, 4.69) is 0 Å². The first-order valence-electron chi connectivity index (χ1n) is 6.28. The van der Waals surface area contributed by atoms with E-state index >= 15 is 0 Å². The van der Waals surface area contributed by atoms with Crippen molar-refractivity contribution in [2.24, 2.45) is 0 Å². The van der Waals surface area contributed by atoms with Gasteiger partial charge < -0.3 is 9.64 Å². The van der Waals surface area contributed by atoms with Gasteiger partial charge in [-0.3, -0.25) is 9.59 Å². The molecule has 0 N–H and O–H groups in total. The number of Topliss-reactive ketones (excluding diaryl/α,β-unsaturated/α-hetero) is 1. The maximum Gasteiger partial charge on any atom is 0.272 e. The minimum Gasteiger partial charge on any atom is -0.495 e. The van der Waals surface area contributed by atoms with Crippen LogP contribution in [0.4, 0.5) is 5.69 Å². The number of ether oxygens (including phenoxy) is 1. The van der Waals surface area contributed by atoms with Gasteiger partial charge in [-0.1, -0.05) is 12.1 Å². The molecule has 0 bridgehead atoms. The molecule has 1 aliphatic rings. The van der Waals surface area contributed by atoms with Gasteiger partial charge >= 0.3 is 0 Å². The molecule has 1 aromatic heterocycles. The van der Waals surface area contributed by atoms with Crippen LogP contribution in [-0.2, 0) is 0 Å². The first-order chi connectivity index (χ1) is 9.72. The Bertz CT molecular complexity index is 677. The highest BCUT2D eigenvalue weighted by Gasteiger charge is 2.29. The van der Waals surface area contributed by atoms with Gasteiger partial charge in [0.15, 0.2) is 5.78 Å². The number of hydrogen-bond acceptors (Lipinski definition) is 4. The average Bonchev–Trinajstić information content (AvgIpc) is 2.96. The molecule has 0 unspecified atom stereocenters. The van der Waals surface area contributed by atoms with Crippen LogP contribution in [0.15, 0.2) is 35.7 Å². The van der Waals surface area contributed by atoms with Crippen molar-refractivity contribution in [1.29, 1.82) is 0 Å². The van der Waals surface area contributed by atoms with Crippen LogP contribution < -0.4 is 9.64 Å². The van der Waals surface area contributed by atoms with Gasteiger partial charge in [0.05, 0.1) is 12.8 Å². The number of hydrogen-bond donors (Lipinski definition) is 0. The lowest BCUT2D eigenvalue weighted by Gasteiger charge is -2.28. The van der Waals surface area contributed by atoms with E-state index in [0.29, 0.717) is 34.8 Å². The molecule has 0 atom stereocenters. The normalized spacial score (nSPS) is 14.1. The summed E-state index contributed by atoms with van der Waals surface area (Å²) in [6, 6.07) is 9.01. The van der Waals surface area contributed by atoms with Crippen LogP contribution in [-0.4, -0.2) is 25.3 Å². The zero-order chi connectivity index (χ0) is 14.1. The van der Waals surface area contributed by atoms with Crippen LogP contribution in [0.25, 0.3) is 0 Å². The Morgan fingerprint density at radius 3 is 2.90 bits per heavy atom. The minimum absolute atomic E-state index is 0.0859. The summed E-state index contributed by atoms with van der Waals surface area (Å²) in [5.74, 6) is 0.550. The molecule has 2 aromatic rings. The molecule has 0 aliphatic carbocycles. The Morgan fingerprint density at radius 2 is 2.10 bits per heavy atom. The minimum atomic E-state index is -0.114. The summed E-state index contributed by atoms with van der Waals surface area (Å²) in [6.07, 6.45) is 0.358. The van der Waals surface area contributed by atoms with E-state index in [1.165, 1.54) is 11.3 Å². The Balaban J connectivity index is 2.02. The molecule has 0 radical (unpaired) electrons. The molecule has 0 saturated carbocycles. The van der Waals surface area contributed by atoms with Crippen molar-refractivity contribution in [2.45, 2.75) is 6.42 Å². The van der Waals surface area contributed by atoms with Crippen LogP contribution in [0, 0.1) is 0 Å². The van der Waals surface area contributed by atoms with Gasteiger partial charge in [0, 0.05) is 18.5 Å². The van der Waals surface area contributed by atoms with Gasteiger partial charge in [0.25, 0.3) is 5.91 Å². The SMILES string of the molecule is COc1ccsc1C(=O)N1CCC(=O)c2ccccc21. The maximum atomic E-state index is 12.7. The van der Waals surface area contributed by atoms with Gasteiger partial charge in [-0.25, -0.2) is 0 Å². The Kier molecular flexibility index (Phi) is 3.28. The van der Waals surface area contributed by atoms with E-state index in [1.807, 2.05) is 23.6 Å². The third-order valence-corrected chi connectivity index (χ3v) is 4.23. The van der Waals surface area contributed by atoms with Crippen molar-refractivity contribution in [3.8, 4) is 5.75 Å². The van der Waals surface area contributed by atoms with Crippen LogP contribution in [0.5, 0.6) is 5.75 Å². The standard InChI is InChI=1S/C15H13NO3S/c1-19-13-7-9-20-14(13)15(18)16-8-6-12(17)10-4-2-3-5-11(10)16/h2-5,7,9H,6,8H2,1H3. The number of para-hydroxylation sites is 1. The highest BCUT2D eigenvalue weighted by atomic mass is 32.1. The largest absolute Gasteiger partial charge is 0.495 e. The number of benzene rings is 1. The summed E-state index contributed by atoms with van der Waals surface area (Å²) in [7, 11) is 1.55. The lowest BCUT2D eigenvalue weighted by molar-refractivity contribution is 0.0956. The molecular formula is C15H13NO3S. The van der Waals surface area contributed by atoms with Crippen molar-refractivity contribution < 1.29 is 14.3 Å². The molecule has 102 valence electrons. The summed E-state index contributed by atoms with van der Waals surface area (Å²) in [4.78, 5) is 26.8. The topological polar surface area (TPSA) is 46.6 Å². The first kappa shape index (κ1) is 12.9. The predicted molar refractivity (Wildman–Crippen MR) is 77.9 cm³/mol. The fraction of sp³-hybridized carbons (Fsp3) is 0.200. The second-order valence-corrected chi connectivity index (χ2v) is 5.38. The van der Waals surface area contributed by atoms with Crippen LogP contribution in [0.3, 0.4) is 0 Å². The monoisotopic (exact) mass is 287 g/mol. The molecule has 1 amide bonds. The third kappa shape index (κ3) is 2.00. The van der Waals surface area contributed by atoms with E-state index in [-0.39, 0.29) is 11.7 Å². The van der Waals surface area contributed by atoms with Crippen LogP contribution in [0.1, 0.15) is 26.5 Å². The Morgan fingerprint density at radius 1 is 1.30 bits per heavy atom.